The third-order valence-electron chi connectivity index (χ3n) is 8.25. The molecule has 0 spiro atoms. The van der Waals surface area contributed by atoms with E-state index in [-0.39, 0.29) is 12.3 Å². The molecule has 7 nitrogen and oxygen atoms in total. The lowest BCUT2D eigenvalue weighted by Crippen LogP contribution is -2.46. The van der Waals surface area contributed by atoms with Crippen molar-refractivity contribution in [2.75, 3.05) is 42.4 Å². The number of epoxide rings is 1. The van der Waals surface area contributed by atoms with Gasteiger partial charge in [0.15, 0.2) is 6.23 Å². The zero-order valence-electron chi connectivity index (χ0n) is 20.5. The Morgan fingerprint density at radius 1 is 1.09 bits per heavy atom. The number of hydrogen-bond acceptors (Lipinski definition) is 7. The minimum Gasteiger partial charge on any atom is -0.381 e. The summed E-state index contributed by atoms with van der Waals surface area (Å²) in [6.07, 6.45) is 6.16. The van der Waals surface area contributed by atoms with Crippen molar-refractivity contribution in [2.24, 2.45) is 5.92 Å². The van der Waals surface area contributed by atoms with Gasteiger partial charge in [-0.15, -0.1) is 0 Å². The van der Waals surface area contributed by atoms with Gasteiger partial charge in [0.1, 0.15) is 24.2 Å². The molecule has 2 saturated heterocycles. The molecule has 4 aliphatic rings. The van der Waals surface area contributed by atoms with Crippen LogP contribution in [0, 0.1) is 5.92 Å². The van der Waals surface area contributed by atoms with E-state index in [9.17, 15) is 4.39 Å². The van der Waals surface area contributed by atoms with E-state index in [1.807, 2.05) is 19.4 Å². The maximum Gasteiger partial charge on any atom is 0.157 e. The van der Waals surface area contributed by atoms with Gasteiger partial charge in [0.05, 0.1) is 17.5 Å². The van der Waals surface area contributed by atoms with Crippen LogP contribution in [0.25, 0.3) is 0 Å². The monoisotopic (exact) mass is 482 g/mol. The molecule has 2 unspecified atom stereocenters. The standard InChI is InChI=1S/C27H35FN4O3/c1-33-20-8-5-17(6-9-20)25-27(35-25)32-15-18-4-3-12-29-26(18)30-22-10-7-19(14-23(22)32)31-13-11-21(28)24(16-31)34-2/h3-4,7,10,12,14,17,20-21,24-25,27H,5-6,8-9,11,13,15-16H2,1-2H3,(H,29,30)/t17?,20?,21-,24-,25?,27?/m0/s1. The molecule has 3 aliphatic heterocycles. The van der Waals surface area contributed by atoms with Crippen LogP contribution in [0.1, 0.15) is 37.7 Å². The number of anilines is 4. The van der Waals surface area contributed by atoms with Crippen LogP contribution in [0.15, 0.2) is 36.5 Å². The molecule has 188 valence electrons. The van der Waals surface area contributed by atoms with E-state index < -0.39 is 12.3 Å². The van der Waals surface area contributed by atoms with Crippen LogP contribution < -0.4 is 15.1 Å². The van der Waals surface area contributed by atoms with Crippen LogP contribution in [0.5, 0.6) is 0 Å². The van der Waals surface area contributed by atoms with E-state index in [1.54, 1.807) is 7.11 Å². The number of ether oxygens (including phenoxy) is 3. The minimum absolute atomic E-state index is 0.0457. The number of halogens is 1. The molecule has 1 aromatic carbocycles. The van der Waals surface area contributed by atoms with Gasteiger partial charge in [0.25, 0.3) is 0 Å². The maximum absolute atomic E-state index is 14.3. The van der Waals surface area contributed by atoms with Crippen molar-refractivity contribution < 1.29 is 18.6 Å². The first-order valence-corrected chi connectivity index (χ1v) is 12.9. The Morgan fingerprint density at radius 2 is 1.94 bits per heavy atom. The number of nitrogens with one attached hydrogen (secondary N) is 1. The fourth-order valence-corrected chi connectivity index (χ4v) is 6.07. The Bertz CT molecular complexity index is 1050. The molecular weight excluding hydrogens is 447 g/mol. The molecule has 0 radical (unpaired) electrons. The zero-order valence-corrected chi connectivity index (χ0v) is 20.5. The molecular formula is C27H35FN4O3. The van der Waals surface area contributed by atoms with Gasteiger partial charge in [-0.25, -0.2) is 9.37 Å². The van der Waals surface area contributed by atoms with Crippen molar-refractivity contribution in [1.82, 2.24) is 4.98 Å². The van der Waals surface area contributed by atoms with E-state index in [1.165, 1.54) is 0 Å². The quantitative estimate of drug-likeness (QED) is 0.623. The molecule has 3 fully saturated rings. The molecule has 0 amide bonds. The van der Waals surface area contributed by atoms with Crippen LogP contribution in [-0.4, -0.2) is 63.0 Å². The van der Waals surface area contributed by atoms with Crippen LogP contribution in [0.3, 0.4) is 0 Å². The number of rotatable bonds is 5. The van der Waals surface area contributed by atoms with E-state index in [4.69, 9.17) is 14.2 Å². The van der Waals surface area contributed by atoms with Gasteiger partial charge >= 0.3 is 0 Å². The summed E-state index contributed by atoms with van der Waals surface area (Å²) in [6.45, 7) is 1.96. The van der Waals surface area contributed by atoms with Crippen LogP contribution >= 0.6 is 0 Å². The molecule has 0 bridgehead atoms. The topological polar surface area (TPSA) is 62.4 Å². The summed E-state index contributed by atoms with van der Waals surface area (Å²) in [7, 11) is 3.41. The summed E-state index contributed by atoms with van der Waals surface area (Å²) in [5, 5.41) is 3.55. The predicted molar refractivity (Wildman–Crippen MR) is 134 cm³/mol. The highest BCUT2D eigenvalue weighted by Crippen LogP contribution is 2.46. The van der Waals surface area contributed by atoms with Crippen molar-refractivity contribution in [2.45, 2.75) is 69.4 Å². The molecule has 8 heteroatoms. The van der Waals surface area contributed by atoms with Crippen molar-refractivity contribution in [3.8, 4) is 0 Å². The highest BCUT2D eigenvalue weighted by Gasteiger charge is 2.50. The van der Waals surface area contributed by atoms with Crippen molar-refractivity contribution >= 4 is 22.9 Å². The smallest absolute Gasteiger partial charge is 0.157 e. The molecule has 1 aliphatic carbocycles. The fraction of sp³-hybridized carbons (Fsp3) is 0.593. The van der Waals surface area contributed by atoms with E-state index in [0.29, 0.717) is 31.5 Å². The molecule has 1 N–H and O–H groups in total. The average Bonchev–Trinajstić information content (AvgIpc) is 3.71. The number of piperidine rings is 1. The Kier molecular flexibility index (Phi) is 6.28. The van der Waals surface area contributed by atoms with Crippen molar-refractivity contribution in [1.29, 1.82) is 0 Å². The van der Waals surface area contributed by atoms with Crippen LogP contribution in [0.2, 0.25) is 0 Å². The first kappa shape index (κ1) is 23.0. The first-order valence-electron chi connectivity index (χ1n) is 12.9. The molecule has 2 aromatic rings. The second-order valence-electron chi connectivity index (χ2n) is 10.3. The van der Waals surface area contributed by atoms with Gasteiger partial charge < -0.3 is 29.3 Å². The van der Waals surface area contributed by atoms with Gasteiger partial charge in [-0.2, -0.15) is 0 Å². The number of hydrogen-bond donors (Lipinski definition) is 1. The van der Waals surface area contributed by atoms with Gasteiger partial charge in [-0.3, -0.25) is 0 Å². The fourth-order valence-electron chi connectivity index (χ4n) is 6.07. The first-order chi connectivity index (χ1) is 17.1. The Morgan fingerprint density at radius 3 is 2.74 bits per heavy atom. The molecule has 4 atom stereocenters. The van der Waals surface area contributed by atoms with Crippen LogP contribution in [0.4, 0.5) is 27.3 Å². The summed E-state index contributed by atoms with van der Waals surface area (Å²) < 4.78 is 31.6. The summed E-state index contributed by atoms with van der Waals surface area (Å²) in [4.78, 5) is 9.22. The van der Waals surface area contributed by atoms with Gasteiger partial charge in [0, 0.05) is 51.3 Å². The third-order valence-corrected chi connectivity index (χ3v) is 8.25. The van der Waals surface area contributed by atoms with Crippen molar-refractivity contribution in [3.63, 3.8) is 0 Å². The zero-order chi connectivity index (χ0) is 23.9. The van der Waals surface area contributed by atoms with Crippen LogP contribution in [-0.2, 0) is 20.8 Å². The number of benzene rings is 1. The lowest BCUT2D eigenvalue weighted by Gasteiger charge is -2.36. The Hall–Kier alpha value is -2.42. The lowest BCUT2D eigenvalue weighted by atomic mass is 9.85. The summed E-state index contributed by atoms with van der Waals surface area (Å²) in [6, 6.07) is 10.6. The summed E-state index contributed by atoms with van der Waals surface area (Å²) in [5.74, 6) is 1.45. The van der Waals surface area contributed by atoms with Gasteiger partial charge in [-0.1, -0.05) is 6.07 Å². The molecule has 4 heterocycles. The average molecular weight is 483 g/mol. The Balaban J connectivity index is 1.28. The normalized spacial score (nSPS) is 32.3. The predicted octanol–water partition coefficient (Wildman–Crippen LogP) is 4.64. The highest BCUT2D eigenvalue weighted by atomic mass is 19.1. The number of fused-ring (bicyclic) bond motifs is 2. The number of nitrogens with zero attached hydrogens (tertiary/aromatic N) is 3. The molecule has 1 saturated carbocycles. The molecule has 6 rings (SSSR count). The SMILES string of the molecule is COC1CCC(C2OC2N2Cc3cccnc3Nc3ccc(N4CC[C@H](F)[C@@H](OC)C4)cc32)CC1. The number of methoxy groups -OCH3 is 2. The highest BCUT2D eigenvalue weighted by molar-refractivity contribution is 5.81. The van der Waals surface area contributed by atoms with E-state index in [2.05, 4.69) is 44.4 Å². The second kappa shape index (κ2) is 9.56. The largest absolute Gasteiger partial charge is 0.381 e. The van der Waals surface area contributed by atoms with Gasteiger partial charge in [0.2, 0.25) is 0 Å². The molecule has 35 heavy (non-hydrogen) atoms. The summed E-state index contributed by atoms with van der Waals surface area (Å²) >= 11 is 0. The van der Waals surface area contributed by atoms with Gasteiger partial charge in [-0.05, 0) is 62.3 Å². The maximum atomic E-state index is 14.3. The number of pyridine rings is 1. The summed E-state index contributed by atoms with van der Waals surface area (Å²) in [5.41, 5.74) is 4.36. The molecule has 1 aromatic heterocycles. The third kappa shape index (κ3) is 4.47. The van der Waals surface area contributed by atoms with E-state index >= 15 is 0 Å². The minimum atomic E-state index is -0.912. The second-order valence-corrected chi connectivity index (χ2v) is 10.3. The Labute approximate surface area is 206 Å². The number of aromatic nitrogens is 1. The lowest BCUT2D eigenvalue weighted by molar-refractivity contribution is 0.0232. The van der Waals surface area contributed by atoms with Crippen molar-refractivity contribution in [3.05, 3.63) is 42.1 Å². The number of alkyl halides is 1. The van der Waals surface area contributed by atoms with E-state index in [0.717, 1.165) is 60.7 Å².